The molecule has 124 valence electrons. The second kappa shape index (κ2) is 6.66. The van der Waals surface area contributed by atoms with Gasteiger partial charge in [-0.1, -0.05) is 17.7 Å². The highest BCUT2D eigenvalue weighted by Gasteiger charge is 2.10. The van der Waals surface area contributed by atoms with Crippen molar-refractivity contribution in [3.63, 3.8) is 0 Å². The van der Waals surface area contributed by atoms with Crippen LogP contribution >= 0.6 is 0 Å². The molecule has 3 aromatic rings. The Kier molecular flexibility index (Phi) is 4.42. The lowest BCUT2D eigenvalue weighted by atomic mass is 10.1. The van der Waals surface area contributed by atoms with E-state index in [-0.39, 0.29) is 5.56 Å². The maximum absolute atomic E-state index is 12.3. The quantitative estimate of drug-likeness (QED) is 0.754. The third kappa shape index (κ3) is 3.06. The molecule has 2 aromatic carbocycles. The number of aromatic nitrogens is 1. The van der Waals surface area contributed by atoms with Crippen LogP contribution in [0.3, 0.4) is 0 Å². The molecule has 3 rings (SSSR count). The van der Waals surface area contributed by atoms with Gasteiger partial charge in [0.1, 0.15) is 17.2 Å². The Morgan fingerprint density at radius 2 is 1.75 bits per heavy atom. The van der Waals surface area contributed by atoms with Crippen molar-refractivity contribution >= 4 is 16.6 Å². The summed E-state index contributed by atoms with van der Waals surface area (Å²) < 4.78 is 10.7. The molecular weight excluding hydrogens is 304 g/mol. The summed E-state index contributed by atoms with van der Waals surface area (Å²) in [5.74, 6) is 1.34. The van der Waals surface area contributed by atoms with Crippen molar-refractivity contribution in [1.82, 2.24) is 4.98 Å². The van der Waals surface area contributed by atoms with E-state index >= 15 is 0 Å². The van der Waals surface area contributed by atoms with Crippen LogP contribution in [-0.4, -0.2) is 19.2 Å². The standard InChI is InChI=1S/C19H20N2O3/c1-12-7-8-15-13(9-12)10-14(19(22)21-15)11-20-18-16(23-2)5-4-6-17(18)24-3/h4-10,20H,11H2,1-3H3,(H,21,22). The normalized spacial score (nSPS) is 10.6. The molecule has 0 aliphatic heterocycles. The van der Waals surface area contributed by atoms with Crippen molar-refractivity contribution < 1.29 is 9.47 Å². The zero-order valence-corrected chi connectivity index (χ0v) is 14.0. The number of hydrogen-bond acceptors (Lipinski definition) is 4. The Balaban J connectivity index is 1.94. The molecule has 0 saturated carbocycles. The minimum Gasteiger partial charge on any atom is -0.494 e. The largest absolute Gasteiger partial charge is 0.494 e. The van der Waals surface area contributed by atoms with Gasteiger partial charge in [-0.3, -0.25) is 4.79 Å². The van der Waals surface area contributed by atoms with Crippen LogP contribution in [0.5, 0.6) is 11.5 Å². The van der Waals surface area contributed by atoms with E-state index < -0.39 is 0 Å². The first-order valence-corrected chi connectivity index (χ1v) is 7.70. The van der Waals surface area contributed by atoms with E-state index in [0.717, 1.165) is 22.2 Å². The average molecular weight is 324 g/mol. The van der Waals surface area contributed by atoms with Gasteiger partial charge in [-0.25, -0.2) is 0 Å². The molecule has 1 heterocycles. The number of para-hydroxylation sites is 1. The molecule has 0 radical (unpaired) electrons. The van der Waals surface area contributed by atoms with E-state index in [9.17, 15) is 4.79 Å². The van der Waals surface area contributed by atoms with E-state index in [0.29, 0.717) is 23.6 Å². The zero-order chi connectivity index (χ0) is 17.1. The van der Waals surface area contributed by atoms with Crippen LogP contribution in [0.25, 0.3) is 10.9 Å². The number of rotatable bonds is 5. The number of aromatic amines is 1. The number of methoxy groups -OCH3 is 2. The van der Waals surface area contributed by atoms with Crippen LogP contribution < -0.4 is 20.3 Å². The van der Waals surface area contributed by atoms with Crippen molar-refractivity contribution in [1.29, 1.82) is 0 Å². The van der Waals surface area contributed by atoms with Gasteiger partial charge in [0, 0.05) is 17.6 Å². The van der Waals surface area contributed by atoms with Gasteiger partial charge in [0.25, 0.3) is 5.56 Å². The third-order valence-corrected chi connectivity index (χ3v) is 3.96. The summed E-state index contributed by atoms with van der Waals surface area (Å²) in [6.45, 7) is 2.40. The molecule has 0 spiro atoms. The number of nitrogens with one attached hydrogen (secondary N) is 2. The monoisotopic (exact) mass is 324 g/mol. The van der Waals surface area contributed by atoms with Crippen LogP contribution in [0.1, 0.15) is 11.1 Å². The summed E-state index contributed by atoms with van der Waals surface area (Å²) in [6.07, 6.45) is 0. The number of anilines is 1. The van der Waals surface area contributed by atoms with E-state index in [2.05, 4.69) is 16.4 Å². The predicted molar refractivity (Wildman–Crippen MR) is 96.2 cm³/mol. The number of H-pyrrole nitrogens is 1. The molecule has 5 heteroatoms. The lowest BCUT2D eigenvalue weighted by Crippen LogP contribution is -2.16. The Morgan fingerprint density at radius 3 is 2.42 bits per heavy atom. The maximum Gasteiger partial charge on any atom is 0.253 e. The highest BCUT2D eigenvalue weighted by Crippen LogP contribution is 2.34. The Labute approximate surface area is 140 Å². The van der Waals surface area contributed by atoms with Gasteiger partial charge in [-0.05, 0) is 42.6 Å². The molecule has 0 atom stereocenters. The number of hydrogen-bond donors (Lipinski definition) is 2. The van der Waals surface area contributed by atoms with Gasteiger partial charge < -0.3 is 19.8 Å². The second-order valence-corrected chi connectivity index (χ2v) is 5.61. The van der Waals surface area contributed by atoms with Crippen molar-refractivity contribution in [3.05, 3.63) is 63.9 Å². The number of aryl methyl sites for hydroxylation is 1. The molecule has 0 saturated heterocycles. The zero-order valence-electron chi connectivity index (χ0n) is 14.0. The molecule has 2 N–H and O–H groups in total. The molecule has 1 aromatic heterocycles. The molecule has 0 amide bonds. The van der Waals surface area contributed by atoms with E-state index in [1.54, 1.807) is 14.2 Å². The first-order chi connectivity index (χ1) is 11.6. The van der Waals surface area contributed by atoms with Crippen LogP contribution in [0.4, 0.5) is 5.69 Å². The minimum absolute atomic E-state index is 0.104. The number of ether oxygens (including phenoxy) is 2. The fourth-order valence-electron chi connectivity index (χ4n) is 2.71. The summed E-state index contributed by atoms with van der Waals surface area (Å²) in [5.41, 5.74) is 3.27. The molecular formula is C19H20N2O3. The van der Waals surface area contributed by atoms with Crippen LogP contribution in [0.2, 0.25) is 0 Å². The molecule has 0 aliphatic rings. The van der Waals surface area contributed by atoms with Crippen LogP contribution in [0, 0.1) is 6.92 Å². The van der Waals surface area contributed by atoms with E-state index in [1.807, 2.05) is 43.3 Å². The molecule has 5 nitrogen and oxygen atoms in total. The van der Waals surface area contributed by atoms with Crippen molar-refractivity contribution in [2.75, 3.05) is 19.5 Å². The van der Waals surface area contributed by atoms with Crippen molar-refractivity contribution in [2.45, 2.75) is 13.5 Å². The van der Waals surface area contributed by atoms with Gasteiger partial charge in [0.2, 0.25) is 0 Å². The number of benzene rings is 2. The highest BCUT2D eigenvalue weighted by atomic mass is 16.5. The van der Waals surface area contributed by atoms with Gasteiger partial charge >= 0.3 is 0 Å². The van der Waals surface area contributed by atoms with Gasteiger partial charge in [-0.2, -0.15) is 0 Å². The first-order valence-electron chi connectivity index (χ1n) is 7.70. The van der Waals surface area contributed by atoms with Crippen LogP contribution in [-0.2, 0) is 6.54 Å². The molecule has 0 aliphatic carbocycles. The smallest absolute Gasteiger partial charge is 0.253 e. The molecule has 0 fully saturated rings. The fourth-order valence-corrected chi connectivity index (χ4v) is 2.71. The van der Waals surface area contributed by atoms with E-state index in [4.69, 9.17) is 9.47 Å². The molecule has 0 bridgehead atoms. The summed E-state index contributed by atoms with van der Waals surface area (Å²) in [4.78, 5) is 15.2. The second-order valence-electron chi connectivity index (χ2n) is 5.61. The summed E-state index contributed by atoms with van der Waals surface area (Å²) in [7, 11) is 3.21. The summed E-state index contributed by atoms with van der Waals surface area (Å²) in [6, 6.07) is 13.4. The summed E-state index contributed by atoms with van der Waals surface area (Å²) >= 11 is 0. The SMILES string of the molecule is COc1cccc(OC)c1NCc1cc2cc(C)ccc2[nH]c1=O. The predicted octanol–water partition coefficient (Wildman–Crippen LogP) is 3.47. The van der Waals surface area contributed by atoms with Crippen molar-refractivity contribution in [3.8, 4) is 11.5 Å². The average Bonchev–Trinajstić information content (AvgIpc) is 2.59. The summed E-state index contributed by atoms with van der Waals surface area (Å²) in [5, 5.41) is 4.26. The van der Waals surface area contributed by atoms with E-state index in [1.165, 1.54) is 0 Å². The lowest BCUT2D eigenvalue weighted by Gasteiger charge is -2.14. The number of fused-ring (bicyclic) bond motifs is 1. The number of pyridine rings is 1. The first kappa shape index (κ1) is 15.9. The molecule has 24 heavy (non-hydrogen) atoms. The Bertz CT molecular complexity index is 909. The topological polar surface area (TPSA) is 63.4 Å². The van der Waals surface area contributed by atoms with Gasteiger partial charge in [-0.15, -0.1) is 0 Å². The minimum atomic E-state index is -0.104. The lowest BCUT2D eigenvalue weighted by molar-refractivity contribution is 0.397. The van der Waals surface area contributed by atoms with Crippen LogP contribution in [0.15, 0.2) is 47.3 Å². The fraction of sp³-hybridized carbons (Fsp3) is 0.211. The Hall–Kier alpha value is -2.95. The van der Waals surface area contributed by atoms with Gasteiger partial charge in [0.05, 0.1) is 14.2 Å². The maximum atomic E-state index is 12.3. The Morgan fingerprint density at radius 1 is 1.04 bits per heavy atom. The molecule has 0 unspecified atom stereocenters. The van der Waals surface area contributed by atoms with Gasteiger partial charge in [0.15, 0.2) is 0 Å². The third-order valence-electron chi connectivity index (χ3n) is 3.96. The van der Waals surface area contributed by atoms with Crippen molar-refractivity contribution in [2.24, 2.45) is 0 Å². The highest BCUT2D eigenvalue weighted by molar-refractivity contribution is 5.79.